The van der Waals surface area contributed by atoms with Gasteiger partial charge in [-0.25, -0.2) is 8.78 Å². The topological polar surface area (TPSA) is 0 Å². The van der Waals surface area contributed by atoms with Crippen molar-refractivity contribution in [3.63, 3.8) is 0 Å². The Morgan fingerprint density at radius 3 is 2.25 bits per heavy atom. The molecule has 0 heterocycles. The number of aryl methyl sites for hydroxylation is 1. The third-order valence-electron chi connectivity index (χ3n) is 2.62. The molecule has 0 saturated carbocycles. The summed E-state index contributed by atoms with van der Waals surface area (Å²) in [5.74, 6) is -0.521. The largest absolute Gasteiger partial charge is 0.207 e. The van der Waals surface area contributed by atoms with E-state index in [2.05, 4.69) is 6.07 Å². The molecule has 1 radical (unpaired) electrons. The maximum atomic E-state index is 13.7. The summed E-state index contributed by atoms with van der Waals surface area (Å²) >= 11 is 0. The van der Waals surface area contributed by atoms with Crippen LogP contribution in [0.1, 0.15) is 11.1 Å². The Bertz CT molecular complexity index is 513. The Morgan fingerprint density at radius 1 is 1.00 bits per heavy atom. The predicted octanol–water partition coefficient (Wildman–Crippen LogP) is 4.05. The number of benzene rings is 2. The molecule has 0 aliphatic carbocycles. The normalized spacial score (nSPS) is 10.5. The van der Waals surface area contributed by atoms with Gasteiger partial charge in [0, 0.05) is 0 Å². The van der Waals surface area contributed by atoms with Gasteiger partial charge in [-0.2, -0.15) is 0 Å². The smallest absolute Gasteiger partial charge is 0.129 e. The Labute approximate surface area is 93.5 Å². The molecule has 0 aliphatic rings. The van der Waals surface area contributed by atoms with Gasteiger partial charge in [0.1, 0.15) is 11.6 Å². The van der Waals surface area contributed by atoms with Crippen molar-refractivity contribution in [3.8, 4) is 11.1 Å². The van der Waals surface area contributed by atoms with Crippen LogP contribution in [0.2, 0.25) is 0 Å². The molecule has 2 aromatic carbocycles. The summed E-state index contributed by atoms with van der Waals surface area (Å²) in [6.07, 6.45) is 0. The van der Waals surface area contributed by atoms with Crippen molar-refractivity contribution in [1.29, 1.82) is 0 Å². The van der Waals surface area contributed by atoms with Crippen LogP contribution in [-0.4, -0.2) is 0 Å². The summed E-state index contributed by atoms with van der Waals surface area (Å²) in [5.41, 5.74) is 2.58. The van der Waals surface area contributed by atoms with Gasteiger partial charge >= 0.3 is 0 Å². The fraction of sp³-hybridized carbons (Fsp3) is 0.143. The molecule has 0 aliphatic heterocycles. The zero-order chi connectivity index (χ0) is 11.7. The summed E-state index contributed by atoms with van der Waals surface area (Å²) in [6.45, 7) is 3.41. The Balaban J connectivity index is 2.57. The van der Waals surface area contributed by atoms with E-state index in [1.54, 1.807) is 32.0 Å². The first kappa shape index (κ1) is 10.8. The lowest BCUT2D eigenvalue weighted by Crippen LogP contribution is -1.92. The van der Waals surface area contributed by atoms with Crippen LogP contribution in [0, 0.1) is 31.5 Å². The van der Waals surface area contributed by atoms with Crippen molar-refractivity contribution in [3.05, 3.63) is 59.2 Å². The molecule has 0 nitrogen and oxygen atoms in total. The third kappa shape index (κ3) is 1.83. The molecule has 16 heavy (non-hydrogen) atoms. The van der Waals surface area contributed by atoms with E-state index in [1.807, 2.05) is 0 Å². The molecule has 81 valence electrons. The van der Waals surface area contributed by atoms with Crippen LogP contribution in [0.25, 0.3) is 11.1 Å². The van der Waals surface area contributed by atoms with Crippen LogP contribution in [0.15, 0.2) is 30.3 Å². The molecule has 2 aromatic rings. The summed E-state index contributed by atoms with van der Waals surface area (Å²) < 4.78 is 26.4. The van der Waals surface area contributed by atoms with Gasteiger partial charge in [0.2, 0.25) is 0 Å². The number of hydrogen-bond donors (Lipinski definition) is 0. The zero-order valence-electron chi connectivity index (χ0n) is 9.14. The van der Waals surface area contributed by atoms with Crippen molar-refractivity contribution in [2.45, 2.75) is 13.8 Å². The lowest BCUT2D eigenvalue weighted by atomic mass is 9.98. The molecule has 2 heteroatoms. The monoisotopic (exact) mass is 217 g/mol. The van der Waals surface area contributed by atoms with E-state index in [0.717, 1.165) is 5.56 Å². The van der Waals surface area contributed by atoms with Gasteiger partial charge in [0.25, 0.3) is 0 Å². The van der Waals surface area contributed by atoms with E-state index in [9.17, 15) is 8.78 Å². The predicted molar refractivity (Wildman–Crippen MR) is 60.1 cm³/mol. The van der Waals surface area contributed by atoms with E-state index in [4.69, 9.17) is 0 Å². The minimum Gasteiger partial charge on any atom is -0.207 e. The van der Waals surface area contributed by atoms with Crippen LogP contribution in [0.5, 0.6) is 0 Å². The average molecular weight is 217 g/mol. The molecule has 0 aromatic heterocycles. The molecule has 0 saturated heterocycles. The second-order valence-corrected chi connectivity index (χ2v) is 3.79. The molecule has 0 spiro atoms. The number of hydrogen-bond acceptors (Lipinski definition) is 0. The molecule has 0 N–H and O–H groups in total. The van der Waals surface area contributed by atoms with E-state index < -0.39 is 0 Å². The van der Waals surface area contributed by atoms with E-state index in [0.29, 0.717) is 16.7 Å². The van der Waals surface area contributed by atoms with Gasteiger partial charge in [-0.1, -0.05) is 12.1 Å². The lowest BCUT2D eigenvalue weighted by molar-refractivity contribution is 0.610. The second-order valence-electron chi connectivity index (χ2n) is 3.79. The fourth-order valence-corrected chi connectivity index (χ4v) is 1.67. The maximum absolute atomic E-state index is 13.7. The molecule has 2 rings (SSSR count). The van der Waals surface area contributed by atoms with Crippen molar-refractivity contribution >= 4 is 0 Å². The minimum atomic E-state index is -0.297. The van der Waals surface area contributed by atoms with Gasteiger partial charge in [-0.3, -0.25) is 0 Å². The minimum absolute atomic E-state index is 0.224. The highest BCUT2D eigenvalue weighted by Crippen LogP contribution is 2.26. The second kappa shape index (κ2) is 4.05. The quantitative estimate of drug-likeness (QED) is 0.676. The molecule has 0 bridgehead atoms. The highest BCUT2D eigenvalue weighted by atomic mass is 19.1. The van der Waals surface area contributed by atoms with Crippen LogP contribution < -0.4 is 0 Å². The molecule has 0 fully saturated rings. The van der Waals surface area contributed by atoms with Crippen LogP contribution >= 0.6 is 0 Å². The Kier molecular flexibility index (Phi) is 2.73. The summed E-state index contributed by atoms with van der Waals surface area (Å²) in [4.78, 5) is 0. The van der Waals surface area contributed by atoms with Crippen LogP contribution in [0.4, 0.5) is 8.78 Å². The van der Waals surface area contributed by atoms with E-state index in [1.165, 1.54) is 12.1 Å². The lowest BCUT2D eigenvalue weighted by Gasteiger charge is -2.08. The maximum Gasteiger partial charge on any atom is 0.129 e. The molecular formula is C14H11F2. The fourth-order valence-electron chi connectivity index (χ4n) is 1.67. The number of rotatable bonds is 1. The first-order chi connectivity index (χ1) is 7.59. The van der Waals surface area contributed by atoms with Gasteiger partial charge in [-0.15, -0.1) is 0 Å². The Hall–Kier alpha value is -1.70. The first-order valence-electron chi connectivity index (χ1n) is 5.03. The SMILES string of the molecule is Cc1c[c]c(-c2ccc(F)cc2)c(C)c1F. The molecule has 0 unspecified atom stereocenters. The van der Waals surface area contributed by atoms with Crippen molar-refractivity contribution in [2.75, 3.05) is 0 Å². The van der Waals surface area contributed by atoms with Crippen molar-refractivity contribution in [1.82, 2.24) is 0 Å². The third-order valence-corrected chi connectivity index (χ3v) is 2.62. The Morgan fingerprint density at radius 2 is 1.62 bits per heavy atom. The van der Waals surface area contributed by atoms with Crippen LogP contribution in [0.3, 0.4) is 0 Å². The summed E-state index contributed by atoms with van der Waals surface area (Å²) in [5, 5.41) is 0. The average Bonchev–Trinajstić information content (AvgIpc) is 2.28. The van der Waals surface area contributed by atoms with Gasteiger partial charge < -0.3 is 0 Å². The highest BCUT2D eigenvalue weighted by molar-refractivity contribution is 5.67. The zero-order valence-corrected chi connectivity index (χ0v) is 9.14. The standard InChI is InChI=1S/C14H11F2/c1-9-3-8-13(10(2)14(9)16)11-4-6-12(15)7-5-11/h3-7H,1-2H3. The number of halogens is 2. The van der Waals surface area contributed by atoms with Gasteiger partial charge in [0.05, 0.1) is 0 Å². The van der Waals surface area contributed by atoms with E-state index in [-0.39, 0.29) is 11.6 Å². The van der Waals surface area contributed by atoms with Gasteiger partial charge in [-0.05, 0) is 60.4 Å². The van der Waals surface area contributed by atoms with Crippen LogP contribution in [-0.2, 0) is 0 Å². The molecule has 0 atom stereocenters. The van der Waals surface area contributed by atoms with Gasteiger partial charge in [0.15, 0.2) is 0 Å². The summed E-state index contributed by atoms with van der Waals surface area (Å²) in [6, 6.07) is 10.6. The van der Waals surface area contributed by atoms with Crippen molar-refractivity contribution < 1.29 is 8.78 Å². The highest BCUT2D eigenvalue weighted by Gasteiger charge is 2.08. The molecular weight excluding hydrogens is 206 g/mol. The van der Waals surface area contributed by atoms with E-state index >= 15 is 0 Å². The molecule has 0 amide bonds. The first-order valence-corrected chi connectivity index (χ1v) is 5.03. The summed E-state index contributed by atoms with van der Waals surface area (Å²) in [7, 11) is 0. The van der Waals surface area contributed by atoms with Crippen molar-refractivity contribution in [2.24, 2.45) is 0 Å².